The van der Waals surface area contributed by atoms with Crippen LogP contribution in [0.2, 0.25) is 0 Å². The molecule has 0 amide bonds. The molecule has 0 aliphatic rings. The summed E-state index contributed by atoms with van der Waals surface area (Å²) in [7, 11) is 2.08. The molecule has 0 aliphatic heterocycles. The van der Waals surface area contributed by atoms with Gasteiger partial charge in [-0.15, -0.1) is 0 Å². The van der Waals surface area contributed by atoms with Crippen LogP contribution >= 0.6 is 0 Å². The first-order valence-corrected chi connectivity index (χ1v) is 19.3. The van der Waals surface area contributed by atoms with E-state index in [-0.39, 0.29) is 5.97 Å². The van der Waals surface area contributed by atoms with Crippen molar-refractivity contribution in [2.45, 2.75) is 169 Å². The number of nitrogens with one attached hydrogen (secondary N) is 1. The Labute approximate surface area is 282 Å². The van der Waals surface area contributed by atoms with Gasteiger partial charge in [0.1, 0.15) is 0 Å². The molecule has 0 bridgehead atoms. The van der Waals surface area contributed by atoms with Crippen LogP contribution in [0.4, 0.5) is 0 Å². The molecule has 1 N–H and O–H groups in total. The quantitative estimate of drug-likeness (QED) is 0.0458. The first-order valence-electron chi connectivity index (χ1n) is 19.3. The molecule has 0 fully saturated rings. The average Bonchev–Trinajstić information content (AvgIpc) is 3.01. The molecule has 2 unspecified atom stereocenters. The SMILES string of the molecule is C/C=C/CC/C=C\C/C=C\CCCCCCCCCC(CCCCC/C=C/CC(=O)OCC(CCC(C)C)C(C)C)CCNC. The van der Waals surface area contributed by atoms with Gasteiger partial charge in [-0.05, 0) is 102 Å². The second-order valence-electron chi connectivity index (χ2n) is 14.1. The van der Waals surface area contributed by atoms with Gasteiger partial charge < -0.3 is 10.1 Å². The first kappa shape index (κ1) is 43.4. The summed E-state index contributed by atoms with van der Waals surface area (Å²) < 4.78 is 5.60. The Hall–Kier alpha value is -1.61. The fraction of sp³-hybridized carbons (Fsp3) is 0.786. The van der Waals surface area contributed by atoms with Crippen LogP contribution in [0.15, 0.2) is 48.6 Å². The summed E-state index contributed by atoms with van der Waals surface area (Å²) in [5.41, 5.74) is 0. The molecule has 45 heavy (non-hydrogen) atoms. The van der Waals surface area contributed by atoms with Crippen LogP contribution < -0.4 is 5.32 Å². The zero-order chi connectivity index (χ0) is 33.2. The highest BCUT2D eigenvalue weighted by molar-refractivity contribution is 5.71. The summed E-state index contributed by atoms with van der Waals surface area (Å²) in [6.45, 7) is 12.8. The minimum Gasteiger partial charge on any atom is -0.465 e. The molecule has 0 saturated carbocycles. The van der Waals surface area contributed by atoms with Gasteiger partial charge in [-0.3, -0.25) is 4.79 Å². The Bertz CT molecular complexity index is 748. The first-order chi connectivity index (χ1) is 21.9. The number of carbonyl (C=O) groups is 1. The number of carbonyl (C=O) groups excluding carboxylic acids is 1. The summed E-state index contributed by atoms with van der Waals surface area (Å²) >= 11 is 0. The standard InChI is InChI=1S/C42H77NO2/c1-7-8-9-10-11-12-13-14-15-16-17-18-19-20-21-24-27-30-40(35-36-43-6)31-28-25-22-23-26-29-32-42(44)45-37-41(39(4)5)34-33-38(2)3/h7-8,11-12,14-15,26,29,38-41,43H,9-10,13,16-25,27-28,30-37H2,1-6H3/b8-7+,12-11-,15-14-,29-26+. The van der Waals surface area contributed by atoms with Crippen LogP contribution in [0.25, 0.3) is 0 Å². The second kappa shape index (κ2) is 33.7. The second-order valence-corrected chi connectivity index (χ2v) is 14.1. The van der Waals surface area contributed by atoms with Crippen LogP contribution in [-0.2, 0) is 9.53 Å². The largest absolute Gasteiger partial charge is 0.465 e. The summed E-state index contributed by atoms with van der Waals surface area (Å²) in [4.78, 5) is 12.2. The zero-order valence-corrected chi connectivity index (χ0v) is 31.0. The van der Waals surface area contributed by atoms with E-state index in [0.717, 1.165) is 44.6 Å². The lowest BCUT2D eigenvalue weighted by Gasteiger charge is -2.21. The molecular formula is C42H77NO2. The van der Waals surface area contributed by atoms with Crippen molar-refractivity contribution in [1.82, 2.24) is 5.32 Å². The molecule has 0 heterocycles. The van der Waals surface area contributed by atoms with E-state index >= 15 is 0 Å². The minimum absolute atomic E-state index is 0.0767. The molecule has 0 spiro atoms. The zero-order valence-electron chi connectivity index (χ0n) is 31.0. The van der Waals surface area contributed by atoms with Gasteiger partial charge in [0, 0.05) is 0 Å². The fourth-order valence-electron chi connectivity index (χ4n) is 5.81. The Morgan fingerprint density at radius 3 is 1.78 bits per heavy atom. The molecule has 0 saturated heterocycles. The summed E-state index contributed by atoms with van der Waals surface area (Å²) in [5.74, 6) is 2.52. The van der Waals surface area contributed by atoms with Crippen molar-refractivity contribution in [3.8, 4) is 0 Å². The van der Waals surface area contributed by atoms with Crippen molar-refractivity contribution >= 4 is 5.97 Å². The van der Waals surface area contributed by atoms with Crippen LogP contribution in [0, 0.1) is 23.7 Å². The number of esters is 1. The van der Waals surface area contributed by atoms with Crippen molar-refractivity contribution in [2.75, 3.05) is 20.2 Å². The maximum atomic E-state index is 12.2. The number of unbranched alkanes of at least 4 members (excludes halogenated alkanes) is 11. The van der Waals surface area contributed by atoms with E-state index in [9.17, 15) is 4.79 Å². The molecule has 0 radical (unpaired) electrons. The van der Waals surface area contributed by atoms with Gasteiger partial charge in [0.15, 0.2) is 0 Å². The van der Waals surface area contributed by atoms with Crippen LogP contribution in [-0.4, -0.2) is 26.2 Å². The number of allylic oxidation sites excluding steroid dienone is 7. The lowest BCUT2D eigenvalue weighted by Crippen LogP contribution is -2.19. The van der Waals surface area contributed by atoms with Crippen LogP contribution in [0.5, 0.6) is 0 Å². The van der Waals surface area contributed by atoms with Crippen molar-refractivity contribution in [1.29, 1.82) is 0 Å². The third kappa shape index (κ3) is 32.1. The van der Waals surface area contributed by atoms with E-state index in [4.69, 9.17) is 4.74 Å². The molecule has 0 aliphatic carbocycles. The number of ether oxygens (including phenoxy) is 1. The van der Waals surface area contributed by atoms with Gasteiger partial charge in [0.2, 0.25) is 0 Å². The van der Waals surface area contributed by atoms with Gasteiger partial charge in [-0.25, -0.2) is 0 Å². The molecule has 0 aromatic rings. The Morgan fingerprint density at radius 1 is 0.622 bits per heavy atom. The van der Waals surface area contributed by atoms with Crippen molar-refractivity contribution in [2.24, 2.45) is 23.7 Å². The molecule has 3 nitrogen and oxygen atoms in total. The van der Waals surface area contributed by atoms with E-state index < -0.39 is 0 Å². The lowest BCUT2D eigenvalue weighted by atomic mass is 9.89. The fourth-order valence-corrected chi connectivity index (χ4v) is 5.81. The van der Waals surface area contributed by atoms with Crippen molar-refractivity contribution < 1.29 is 9.53 Å². The van der Waals surface area contributed by atoms with Gasteiger partial charge in [0.25, 0.3) is 0 Å². The lowest BCUT2D eigenvalue weighted by molar-refractivity contribution is -0.144. The topological polar surface area (TPSA) is 38.3 Å². The maximum absolute atomic E-state index is 12.2. The molecule has 3 heteroatoms. The van der Waals surface area contributed by atoms with Crippen molar-refractivity contribution in [3.05, 3.63) is 48.6 Å². The van der Waals surface area contributed by atoms with E-state index in [1.807, 2.05) is 6.08 Å². The molecule has 262 valence electrons. The van der Waals surface area contributed by atoms with Gasteiger partial charge in [-0.1, -0.05) is 147 Å². The Morgan fingerprint density at radius 2 is 1.18 bits per heavy atom. The van der Waals surface area contributed by atoms with E-state index in [1.165, 1.54) is 96.3 Å². The van der Waals surface area contributed by atoms with E-state index in [2.05, 4.69) is 89.5 Å². The molecule has 2 atom stereocenters. The number of hydrogen-bond donors (Lipinski definition) is 1. The third-order valence-electron chi connectivity index (χ3n) is 9.08. The minimum atomic E-state index is -0.0767. The molecular weight excluding hydrogens is 550 g/mol. The van der Waals surface area contributed by atoms with Crippen LogP contribution in [0.1, 0.15) is 169 Å². The van der Waals surface area contributed by atoms with E-state index in [0.29, 0.717) is 30.8 Å². The highest BCUT2D eigenvalue weighted by atomic mass is 16.5. The summed E-state index contributed by atoms with van der Waals surface area (Å²) in [6, 6.07) is 0. The third-order valence-corrected chi connectivity index (χ3v) is 9.08. The van der Waals surface area contributed by atoms with Gasteiger partial charge in [-0.2, -0.15) is 0 Å². The summed E-state index contributed by atoms with van der Waals surface area (Å²) in [5, 5.41) is 3.36. The summed E-state index contributed by atoms with van der Waals surface area (Å²) in [6.07, 6.45) is 44.0. The van der Waals surface area contributed by atoms with Crippen molar-refractivity contribution in [3.63, 3.8) is 0 Å². The van der Waals surface area contributed by atoms with E-state index in [1.54, 1.807) is 0 Å². The maximum Gasteiger partial charge on any atom is 0.309 e. The Kier molecular flexibility index (Phi) is 32.5. The normalized spacial score (nSPS) is 13.9. The monoisotopic (exact) mass is 628 g/mol. The molecule has 0 aromatic carbocycles. The molecule has 0 rings (SSSR count). The predicted molar refractivity (Wildman–Crippen MR) is 201 cm³/mol. The number of rotatable bonds is 32. The average molecular weight is 628 g/mol. The van der Waals surface area contributed by atoms with Gasteiger partial charge in [0.05, 0.1) is 13.0 Å². The number of hydrogen-bond acceptors (Lipinski definition) is 3. The van der Waals surface area contributed by atoms with Crippen LogP contribution in [0.3, 0.4) is 0 Å². The van der Waals surface area contributed by atoms with Gasteiger partial charge >= 0.3 is 5.97 Å². The predicted octanol–water partition coefficient (Wildman–Crippen LogP) is 12.7. The molecule has 0 aromatic heterocycles. The highest BCUT2D eigenvalue weighted by Gasteiger charge is 2.16. The Balaban J connectivity index is 3.84. The smallest absolute Gasteiger partial charge is 0.309 e. The highest BCUT2D eigenvalue weighted by Crippen LogP contribution is 2.22.